The number of halogens is 1. The summed E-state index contributed by atoms with van der Waals surface area (Å²) in [6, 6.07) is 5.02. The summed E-state index contributed by atoms with van der Waals surface area (Å²) in [6.07, 6.45) is 0.413. The van der Waals surface area contributed by atoms with Crippen molar-refractivity contribution in [2.24, 2.45) is 5.92 Å². The van der Waals surface area contributed by atoms with Gasteiger partial charge in [-0.1, -0.05) is 18.5 Å². The van der Waals surface area contributed by atoms with Crippen molar-refractivity contribution in [1.82, 2.24) is 0 Å². The van der Waals surface area contributed by atoms with Gasteiger partial charge in [-0.15, -0.1) is 0 Å². The second kappa shape index (κ2) is 6.47. The van der Waals surface area contributed by atoms with E-state index in [1.807, 2.05) is 6.92 Å². The largest absolute Gasteiger partial charge is 0.398 e. The van der Waals surface area contributed by atoms with Crippen LogP contribution < -0.4 is 11.1 Å². The molecule has 0 spiro atoms. The third-order valence-corrected chi connectivity index (χ3v) is 2.60. The van der Waals surface area contributed by atoms with Gasteiger partial charge in [0.1, 0.15) is 0 Å². The molecule has 4 nitrogen and oxygen atoms in total. The Morgan fingerprint density at radius 2 is 2.29 bits per heavy atom. The van der Waals surface area contributed by atoms with Crippen molar-refractivity contribution < 1.29 is 9.53 Å². The molecule has 94 valence electrons. The van der Waals surface area contributed by atoms with Crippen LogP contribution in [0, 0.1) is 5.92 Å². The van der Waals surface area contributed by atoms with Gasteiger partial charge in [-0.05, 0) is 24.1 Å². The van der Waals surface area contributed by atoms with Crippen LogP contribution in [-0.2, 0) is 9.53 Å². The van der Waals surface area contributed by atoms with Crippen LogP contribution in [0.3, 0.4) is 0 Å². The molecule has 1 aromatic carbocycles. The normalized spacial score (nSPS) is 12.2. The summed E-state index contributed by atoms with van der Waals surface area (Å²) in [4.78, 5) is 11.7. The minimum absolute atomic E-state index is 0.0598. The number of rotatable bonds is 5. The van der Waals surface area contributed by atoms with Crippen LogP contribution in [0.15, 0.2) is 18.2 Å². The molecule has 0 saturated carbocycles. The second-order valence-corrected chi connectivity index (χ2v) is 4.46. The number of amides is 1. The van der Waals surface area contributed by atoms with Crippen molar-refractivity contribution in [2.45, 2.75) is 13.3 Å². The van der Waals surface area contributed by atoms with Gasteiger partial charge in [-0.3, -0.25) is 4.79 Å². The number of hydrogen-bond acceptors (Lipinski definition) is 3. The number of carbonyl (C=O) groups excluding carboxylic acids is 1. The minimum atomic E-state index is -0.0598. The zero-order valence-electron chi connectivity index (χ0n) is 10.00. The van der Waals surface area contributed by atoms with Crippen molar-refractivity contribution in [3.05, 3.63) is 23.2 Å². The minimum Gasteiger partial charge on any atom is -0.398 e. The molecular weight excluding hydrogens is 240 g/mol. The number of methoxy groups -OCH3 is 1. The monoisotopic (exact) mass is 256 g/mol. The van der Waals surface area contributed by atoms with Gasteiger partial charge in [0.15, 0.2) is 0 Å². The zero-order chi connectivity index (χ0) is 12.8. The SMILES string of the molecule is COCC(C)CC(=O)Nc1ccc(N)c(Cl)c1. The van der Waals surface area contributed by atoms with Crippen molar-refractivity contribution in [3.8, 4) is 0 Å². The first-order chi connectivity index (χ1) is 8.02. The standard InChI is InChI=1S/C12H17ClN2O2/c1-8(7-17-2)5-12(16)15-9-3-4-11(14)10(13)6-9/h3-4,6,8H,5,7,14H2,1-2H3,(H,15,16). The smallest absolute Gasteiger partial charge is 0.224 e. The maximum atomic E-state index is 11.7. The number of carbonyl (C=O) groups is 1. The van der Waals surface area contributed by atoms with Crippen LogP contribution in [0.1, 0.15) is 13.3 Å². The average molecular weight is 257 g/mol. The van der Waals surface area contributed by atoms with E-state index in [1.54, 1.807) is 25.3 Å². The predicted octanol–water partition coefficient (Wildman–Crippen LogP) is 2.53. The lowest BCUT2D eigenvalue weighted by Gasteiger charge is -2.11. The fourth-order valence-electron chi connectivity index (χ4n) is 1.48. The van der Waals surface area contributed by atoms with E-state index in [1.165, 1.54) is 0 Å². The molecule has 17 heavy (non-hydrogen) atoms. The van der Waals surface area contributed by atoms with Crippen molar-refractivity contribution in [3.63, 3.8) is 0 Å². The van der Waals surface area contributed by atoms with Crippen LogP contribution in [0.2, 0.25) is 5.02 Å². The Morgan fingerprint density at radius 1 is 1.59 bits per heavy atom. The van der Waals surface area contributed by atoms with E-state index in [9.17, 15) is 4.79 Å². The van der Waals surface area contributed by atoms with Crippen molar-refractivity contribution in [2.75, 3.05) is 24.8 Å². The lowest BCUT2D eigenvalue weighted by Crippen LogP contribution is -2.17. The molecule has 0 heterocycles. The third-order valence-electron chi connectivity index (χ3n) is 2.27. The molecule has 0 aromatic heterocycles. The van der Waals surface area contributed by atoms with Gasteiger partial charge in [-0.25, -0.2) is 0 Å². The molecule has 3 N–H and O–H groups in total. The highest BCUT2D eigenvalue weighted by molar-refractivity contribution is 6.33. The van der Waals surface area contributed by atoms with Crippen LogP contribution in [0.5, 0.6) is 0 Å². The van der Waals surface area contributed by atoms with Gasteiger partial charge in [-0.2, -0.15) is 0 Å². The summed E-state index contributed by atoms with van der Waals surface area (Å²) in [6.45, 7) is 2.52. The number of ether oxygens (including phenoxy) is 1. The van der Waals surface area contributed by atoms with E-state index in [4.69, 9.17) is 22.1 Å². The molecule has 1 unspecified atom stereocenters. The van der Waals surface area contributed by atoms with E-state index in [0.717, 1.165) is 0 Å². The first kappa shape index (κ1) is 13.8. The summed E-state index contributed by atoms with van der Waals surface area (Å²) in [7, 11) is 1.62. The summed E-state index contributed by atoms with van der Waals surface area (Å²) >= 11 is 5.86. The highest BCUT2D eigenvalue weighted by Crippen LogP contribution is 2.22. The summed E-state index contributed by atoms with van der Waals surface area (Å²) < 4.78 is 4.97. The summed E-state index contributed by atoms with van der Waals surface area (Å²) in [5.41, 5.74) is 6.73. The number of nitrogens with one attached hydrogen (secondary N) is 1. The van der Waals surface area contributed by atoms with Gasteiger partial charge in [0.25, 0.3) is 0 Å². The van der Waals surface area contributed by atoms with Crippen molar-refractivity contribution >= 4 is 28.9 Å². The van der Waals surface area contributed by atoms with Gasteiger partial charge in [0.2, 0.25) is 5.91 Å². The first-order valence-electron chi connectivity index (χ1n) is 5.36. The highest BCUT2D eigenvalue weighted by Gasteiger charge is 2.09. The Kier molecular flexibility index (Phi) is 5.25. The highest BCUT2D eigenvalue weighted by atomic mass is 35.5. The quantitative estimate of drug-likeness (QED) is 0.796. The molecule has 0 radical (unpaired) electrons. The van der Waals surface area contributed by atoms with Crippen LogP contribution in [-0.4, -0.2) is 19.6 Å². The van der Waals surface area contributed by atoms with Crippen LogP contribution >= 0.6 is 11.6 Å². The van der Waals surface area contributed by atoms with Crippen LogP contribution in [0.25, 0.3) is 0 Å². The fraction of sp³-hybridized carbons (Fsp3) is 0.417. The third kappa shape index (κ3) is 4.63. The molecular formula is C12H17ClN2O2. The van der Waals surface area contributed by atoms with Crippen LogP contribution in [0.4, 0.5) is 11.4 Å². The number of anilines is 2. The van der Waals surface area contributed by atoms with Crippen molar-refractivity contribution in [1.29, 1.82) is 0 Å². The molecule has 0 fully saturated rings. The Labute approximate surface area is 106 Å². The molecule has 0 aliphatic heterocycles. The number of benzene rings is 1. The average Bonchev–Trinajstić information content (AvgIpc) is 2.23. The molecule has 0 bridgehead atoms. The van der Waals surface area contributed by atoms with Gasteiger partial charge < -0.3 is 15.8 Å². The molecule has 1 amide bonds. The second-order valence-electron chi connectivity index (χ2n) is 4.05. The molecule has 1 rings (SSSR count). The zero-order valence-corrected chi connectivity index (χ0v) is 10.8. The van der Waals surface area contributed by atoms with Gasteiger partial charge in [0, 0.05) is 25.8 Å². The Hall–Kier alpha value is -1.26. The van der Waals surface area contributed by atoms with Gasteiger partial charge >= 0.3 is 0 Å². The molecule has 1 atom stereocenters. The number of nitrogen functional groups attached to an aromatic ring is 1. The molecule has 0 saturated heterocycles. The van der Waals surface area contributed by atoms with Gasteiger partial charge in [0.05, 0.1) is 10.7 Å². The Bertz CT molecular complexity index is 396. The van der Waals surface area contributed by atoms with E-state index < -0.39 is 0 Å². The number of nitrogens with two attached hydrogens (primary N) is 1. The summed E-state index contributed by atoms with van der Waals surface area (Å²) in [5, 5.41) is 3.20. The molecule has 5 heteroatoms. The number of hydrogen-bond donors (Lipinski definition) is 2. The lowest BCUT2D eigenvalue weighted by molar-refractivity contribution is -0.117. The molecule has 1 aromatic rings. The predicted molar refractivity (Wildman–Crippen MR) is 70.2 cm³/mol. The first-order valence-corrected chi connectivity index (χ1v) is 5.74. The molecule has 0 aliphatic carbocycles. The maximum Gasteiger partial charge on any atom is 0.224 e. The topological polar surface area (TPSA) is 64.3 Å². The van der Waals surface area contributed by atoms with E-state index in [-0.39, 0.29) is 11.8 Å². The lowest BCUT2D eigenvalue weighted by atomic mass is 10.1. The Balaban J connectivity index is 2.53. The van der Waals surface area contributed by atoms with E-state index in [0.29, 0.717) is 29.4 Å². The molecule has 0 aliphatic rings. The maximum absolute atomic E-state index is 11.7. The van der Waals surface area contributed by atoms with E-state index >= 15 is 0 Å². The fourth-order valence-corrected chi connectivity index (χ4v) is 1.66. The van der Waals surface area contributed by atoms with E-state index in [2.05, 4.69) is 5.32 Å². The Morgan fingerprint density at radius 3 is 2.88 bits per heavy atom. The summed E-state index contributed by atoms with van der Waals surface area (Å²) in [5.74, 6) is 0.125.